The van der Waals surface area contributed by atoms with Gasteiger partial charge in [0.05, 0.1) is 0 Å². The molecule has 0 amide bonds. The van der Waals surface area contributed by atoms with Gasteiger partial charge in [0.15, 0.2) is 0 Å². The molecule has 0 fully saturated rings. The third kappa shape index (κ3) is 4.27. The number of benzene rings is 2. The van der Waals surface area contributed by atoms with E-state index in [1.807, 2.05) is 72.8 Å². The van der Waals surface area contributed by atoms with Crippen molar-refractivity contribution in [3.63, 3.8) is 0 Å². The molecule has 14 heavy (non-hydrogen) atoms. The van der Waals surface area contributed by atoms with E-state index in [4.69, 9.17) is 0 Å². The Bertz CT molecular complexity index is 308. The Labute approximate surface area is 85.5 Å². The number of rotatable bonds is 1. The van der Waals surface area contributed by atoms with Crippen molar-refractivity contribution in [2.24, 2.45) is 0 Å². The molecule has 0 radical (unpaired) electrons. The van der Waals surface area contributed by atoms with Crippen LogP contribution < -0.4 is 0 Å². The molecule has 0 heterocycles. The summed E-state index contributed by atoms with van der Waals surface area (Å²) < 4.78 is 0. The van der Waals surface area contributed by atoms with Gasteiger partial charge in [0.25, 0.3) is 0 Å². The highest BCUT2D eigenvalue weighted by Gasteiger charge is 1.75. The molecule has 70 valence electrons. The Kier molecular flexibility index (Phi) is 4.89. The average molecular weight is 182 g/mol. The Morgan fingerprint density at radius 3 is 1.29 bits per heavy atom. The van der Waals surface area contributed by atoms with Crippen molar-refractivity contribution in [3.05, 3.63) is 78.9 Å². The van der Waals surface area contributed by atoms with Crippen LogP contribution in [0, 0.1) is 0 Å². The smallest absolute Gasteiger partial charge is 0.0263 e. The van der Waals surface area contributed by atoms with Crippen molar-refractivity contribution in [3.8, 4) is 0 Å². The molecule has 0 heteroatoms. The van der Waals surface area contributed by atoms with E-state index in [0.29, 0.717) is 0 Å². The molecule has 0 aliphatic carbocycles. The Morgan fingerprint density at radius 2 is 1.00 bits per heavy atom. The maximum absolute atomic E-state index is 3.63. The molecule has 0 aliphatic heterocycles. The van der Waals surface area contributed by atoms with Gasteiger partial charge in [0.1, 0.15) is 0 Å². The number of hydrogen-bond acceptors (Lipinski definition) is 0. The average Bonchev–Trinajstić information content (AvgIpc) is 2.33. The highest BCUT2D eigenvalue weighted by molar-refractivity contribution is 5.45. The lowest BCUT2D eigenvalue weighted by atomic mass is 10.2. The van der Waals surface area contributed by atoms with Crippen LogP contribution in [-0.4, -0.2) is 0 Å². The van der Waals surface area contributed by atoms with E-state index in [9.17, 15) is 0 Å². The Morgan fingerprint density at radius 1 is 0.643 bits per heavy atom. The van der Waals surface area contributed by atoms with Crippen molar-refractivity contribution in [1.82, 2.24) is 0 Å². The van der Waals surface area contributed by atoms with E-state index in [1.54, 1.807) is 0 Å². The third-order valence-corrected chi connectivity index (χ3v) is 1.70. The quantitative estimate of drug-likeness (QED) is 0.625. The van der Waals surface area contributed by atoms with Crippen molar-refractivity contribution in [2.45, 2.75) is 0 Å². The first-order chi connectivity index (χ1) is 6.93. The van der Waals surface area contributed by atoms with Crippen molar-refractivity contribution < 1.29 is 0 Å². The molecule has 0 aliphatic rings. The summed E-state index contributed by atoms with van der Waals surface area (Å²) in [5.41, 5.74) is 1.17. The molecule has 0 aromatic heterocycles. The molecule has 0 saturated heterocycles. The summed E-state index contributed by atoms with van der Waals surface area (Å²) in [6, 6.07) is 22.0. The number of hydrogen-bond donors (Lipinski definition) is 0. The normalized spacial score (nSPS) is 8.29. The van der Waals surface area contributed by atoms with E-state index < -0.39 is 0 Å². The van der Waals surface area contributed by atoms with Gasteiger partial charge in [-0.3, -0.25) is 0 Å². The minimum absolute atomic E-state index is 1.17. The molecular weight excluding hydrogens is 168 g/mol. The lowest BCUT2D eigenvalue weighted by molar-refractivity contribution is 1.67. The SMILES string of the molecule is C=Cc1ccccc1.c1ccccc1. The van der Waals surface area contributed by atoms with Crippen LogP contribution in [0.3, 0.4) is 0 Å². The van der Waals surface area contributed by atoms with Crippen molar-refractivity contribution in [1.29, 1.82) is 0 Å². The van der Waals surface area contributed by atoms with Crippen LogP contribution in [0.15, 0.2) is 73.3 Å². The molecule has 0 unspecified atom stereocenters. The summed E-state index contributed by atoms with van der Waals surface area (Å²) in [5, 5.41) is 0. The van der Waals surface area contributed by atoms with Gasteiger partial charge in [-0.05, 0) is 5.56 Å². The standard InChI is InChI=1S/C8H8.C6H6/c1-2-8-6-4-3-5-7-8;1-2-4-6-5-3-1/h2-7H,1H2;1-6H. The van der Waals surface area contributed by atoms with Gasteiger partial charge in [-0.25, -0.2) is 0 Å². The van der Waals surface area contributed by atoms with Gasteiger partial charge < -0.3 is 0 Å². The summed E-state index contributed by atoms with van der Waals surface area (Å²) in [6.07, 6.45) is 1.83. The molecule has 0 atom stereocenters. The van der Waals surface area contributed by atoms with Crippen LogP contribution in [0.5, 0.6) is 0 Å². The molecule has 2 rings (SSSR count). The van der Waals surface area contributed by atoms with Crippen molar-refractivity contribution >= 4 is 6.08 Å². The lowest BCUT2D eigenvalue weighted by Gasteiger charge is -1.85. The predicted octanol–water partition coefficient (Wildman–Crippen LogP) is 4.02. The summed E-state index contributed by atoms with van der Waals surface area (Å²) in [4.78, 5) is 0. The van der Waals surface area contributed by atoms with Crippen LogP contribution in [0.25, 0.3) is 6.08 Å². The second kappa shape index (κ2) is 6.67. The fourth-order valence-electron chi connectivity index (χ4n) is 0.974. The fraction of sp³-hybridized carbons (Fsp3) is 0. The van der Waals surface area contributed by atoms with Gasteiger partial charge in [0, 0.05) is 0 Å². The molecule has 0 nitrogen and oxygen atoms in total. The second-order valence-corrected chi connectivity index (χ2v) is 2.77. The van der Waals surface area contributed by atoms with E-state index >= 15 is 0 Å². The lowest BCUT2D eigenvalue weighted by Crippen LogP contribution is -1.63. The molecular formula is C14H14. The zero-order valence-electron chi connectivity index (χ0n) is 8.14. The van der Waals surface area contributed by atoms with Crippen LogP contribution in [0.4, 0.5) is 0 Å². The minimum Gasteiger partial charge on any atom is -0.0985 e. The highest BCUT2D eigenvalue weighted by atomic mass is 13.8. The van der Waals surface area contributed by atoms with Gasteiger partial charge in [0.2, 0.25) is 0 Å². The van der Waals surface area contributed by atoms with Gasteiger partial charge in [-0.15, -0.1) is 0 Å². The first-order valence-electron chi connectivity index (χ1n) is 4.61. The molecule has 2 aromatic rings. The third-order valence-electron chi connectivity index (χ3n) is 1.70. The van der Waals surface area contributed by atoms with Gasteiger partial charge in [-0.1, -0.05) is 79.4 Å². The zero-order chi connectivity index (χ0) is 10.1. The zero-order valence-corrected chi connectivity index (χ0v) is 8.14. The maximum Gasteiger partial charge on any atom is -0.0263 e. The Balaban J connectivity index is 0.000000146. The van der Waals surface area contributed by atoms with Gasteiger partial charge in [-0.2, -0.15) is 0 Å². The van der Waals surface area contributed by atoms with E-state index in [2.05, 4.69) is 6.58 Å². The van der Waals surface area contributed by atoms with Crippen LogP contribution in [-0.2, 0) is 0 Å². The predicted molar refractivity (Wildman–Crippen MR) is 63.0 cm³/mol. The fourth-order valence-corrected chi connectivity index (χ4v) is 0.974. The molecule has 0 saturated carbocycles. The first-order valence-corrected chi connectivity index (χ1v) is 4.61. The first kappa shape index (κ1) is 10.3. The molecule has 2 aromatic carbocycles. The van der Waals surface area contributed by atoms with Crippen LogP contribution >= 0.6 is 0 Å². The van der Waals surface area contributed by atoms with Crippen LogP contribution in [0.1, 0.15) is 5.56 Å². The van der Waals surface area contributed by atoms with Crippen LogP contribution in [0.2, 0.25) is 0 Å². The summed E-state index contributed by atoms with van der Waals surface area (Å²) in [5.74, 6) is 0. The van der Waals surface area contributed by atoms with E-state index in [1.165, 1.54) is 5.56 Å². The molecule has 0 spiro atoms. The Hall–Kier alpha value is -1.82. The van der Waals surface area contributed by atoms with E-state index in [-0.39, 0.29) is 0 Å². The van der Waals surface area contributed by atoms with E-state index in [0.717, 1.165) is 0 Å². The monoisotopic (exact) mass is 182 g/mol. The topological polar surface area (TPSA) is 0 Å². The summed E-state index contributed by atoms with van der Waals surface area (Å²) >= 11 is 0. The van der Waals surface area contributed by atoms with Gasteiger partial charge >= 0.3 is 0 Å². The largest absolute Gasteiger partial charge is 0.0985 e. The minimum atomic E-state index is 1.17. The second-order valence-electron chi connectivity index (χ2n) is 2.77. The maximum atomic E-state index is 3.63. The summed E-state index contributed by atoms with van der Waals surface area (Å²) in [7, 11) is 0. The van der Waals surface area contributed by atoms with Crippen molar-refractivity contribution in [2.75, 3.05) is 0 Å². The summed E-state index contributed by atoms with van der Waals surface area (Å²) in [6.45, 7) is 3.63. The molecule has 0 bridgehead atoms. The highest BCUT2D eigenvalue weighted by Crippen LogP contribution is 1.97. The molecule has 0 N–H and O–H groups in total.